The number of carbonyl (C=O) groups is 2. The Bertz CT molecular complexity index is 317. The molecule has 0 aromatic heterocycles. The number of hydrogen-bond acceptors (Lipinski definition) is 3. The van der Waals surface area contributed by atoms with Gasteiger partial charge in [-0.3, -0.25) is 4.79 Å². The molecule has 16 heavy (non-hydrogen) atoms. The second-order valence-corrected chi connectivity index (χ2v) is 5.06. The number of nitrogens with two attached hydrogens (primary N) is 1. The third kappa shape index (κ3) is 1.69. The molecule has 5 heteroatoms. The number of nitrogens with one attached hydrogen (secondary N) is 1. The molecule has 2 fully saturated rings. The van der Waals surface area contributed by atoms with E-state index >= 15 is 0 Å². The Morgan fingerprint density at radius 2 is 1.62 bits per heavy atom. The molecule has 0 unspecified atom stereocenters. The monoisotopic (exact) mass is 226 g/mol. The zero-order valence-electron chi connectivity index (χ0n) is 9.29. The zero-order valence-corrected chi connectivity index (χ0v) is 9.29. The van der Waals surface area contributed by atoms with Crippen molar-refractivity contribution in [2.45, 2.75) is 56.0 Å². The Kier molecular flexibility index (Phi) is 2.66. The van der Waals surface area contributed by atoms with Crippen LogP contribution >= 0.6 is 0 Å². The largest absolute Gasteiger partial charge is 0.480 e. The number of carboxylic acid groups (broad SMARTS) is 1. The minimum absolute atomic E-state index is 0.289. The molecular weight excluding hydrogens is 208 g/mol. The van der Waals surface area contributed by atoms with E-state index in [0.717, 1.165) is 19.3 Å². The smallest absolute Gasteiger partial charge is 0.329 e. The van der Waals surface area contributed by atoms with Crippen molar-refractivity contribution in [3.63, 3.8) is 0 Å². The number of aliphatic carboxylic acids is 1. The molecule has 90 valence electrons. The Morgan fingerprint density at radius 3 is 2.00 bits per heavy atom. The Hall–Kier alpha value is -1.10. The van der Waals surface area contributed by atoms with Gasteiger partial charge in [0.1, 0.15) is 5.54 Å². The van der Waals surface area contributed by atoms with Crippen LogP contribution in [0.4, 0.5) is 0 Å². The number of amides is 1. The molecule has 0 saturated heterocycles. The van der Waals surface area contributed by atoms with E-state index in [1.807, 2.05) is 0 Å². The third-order valence-corrected chi connectivity index (χ3v) is 3.92. The number of hydrogen-bond donors (Lipinski definition) is 3. The Morgan fingerprint density at radius 1 is 1.06 bits per heavy atom. The van der Waals surface area contributed by atoms with Crippen LogP contribution in [0.25, 0.3) is 0 Å². The van der Waals surface area contributed by atoms with Gasteiger partial charge in [-0.15, -0.1) is 0 Å². The minimum atomic E-state index is -1.06. The van der Waals surface area contributed by atoms with E-state index in [9.17, 15) is 14.7 Å². The first kappa shape index (κ1) is 11.4. The van der Waals surface area contributed by atoms with Crippen molar-refractivity contribution in [1.29, 1.82) is 0 Å². The number of carboxylic acids is 1. The second-order valence-electron chi connectivity index (χ2n) is 5.06. The highest BCUT2D eigenvalue weighted by molar-refractivity contribution is 5.92. The summed E-state index contributed by atoms with van der Waals surface area (Å²) < 4.78 is 0. The summed E-state index contributed by atoms with van der Waals surface area (Å²) in [7, 11) is 0. The predicted octanol–water partition coefficient (Wildman–Crippen LogP) is 0.381. The topological polar surface area (TPSA) is 92.4 Å². The summed E-state index contributed by atoms with van der Waals surface area (Å²) in [6.07, 6.45) is 5.01. The van der Waals surface area contributed by atoms with Crippen LogP contribution in [-0.4, -0.2) is 28.1 Å². The lowest BCUT2D eigenvalue weighted by Gasteiger charge is -2.39. The third-order valence-electron chi connectivity index (χ3n) is 3.92. The first-order valence-electron chi connectivity index (χ1n) is 5.83. The summed E-state index contributed by atoms with van der Waals surface area (Å²) in [6.45, 7) is 0. The van der Waals surface area contributed by atoms with Crippen LogP contribution in [0, 0.1) is 0 Å². The van der Waals surface area contributed by atoms with E-state index in [0.29, 0.717) is 25.7 Å². The molecule has 0 spiro atoms. The van der Waals surface area contributed by atoms with Crippen LogP contribution in [0.15, 0.2) is 0 Å². The molecule has 0 aliphatic heterocycles. The highest BCUT2D eigenvalue weighted by Gasteiger charge is 2.48. The molecule has 2 saturated carbocycles. The van der Waals surface area contributed by atoms with Crippen molar-refractivity contribution in [1.82, 2.24) is 5.32 Å². The van der Waals surface area contributed by atoms with Crippen molar-refractivity contribution < 1.29 is 14.7 Å². The van der Waals surface area contributed by atoms with Crippen molar-refractivity contribution >= 4 is 11.9 Å². The summed E-state index contributed by atoms with van der Waals surface area (Å²) in [6, 6.07) is 0. The normalized spacial score (nSPS) is 25.8. The lowest BCUT2D eigenvalue weighted by atomic mass is 9.76. The van der Waals surface area contributed by atoms with Gasteiger partial charge >= 0.3 is 5.97 Å². The average Bonchev–Trinajstić information content (AvgIpc) is 2.63. The van der Waals surface area contributed by atoms with Crippen molar-refractivity contribution in [2.24, 2.45) is 5.73 Å². The number of carbonyl (C=O) groups excluding carboxylic acids is 1. The van der Waals surface area contributed by atoms with Gasteiger partial charge in [0.05, 0.1) is 5.54 Å². The molecule has 1 amide bonds. The summed E-state index contributed by atoms with van der Waals surface area (Å²) in [5.41, 5.74) is 4.01. The van der Waals surface area contributed by atoms with Crippen molar-refractivity contribution in [3.8, 4) is 0 Å². The predicted molar refractivity (Wildman–Crippen MR) is 57.7 cm³/mol. The van der Waals surface area contributed by atoms with Gasteiger partial charge in [-0.05, 0) is 32.1 Å². The molecular formula is C11H18N2O3. The summed E-state index contributed by atoms with van der Waals surface area (Å²) in [5, 5.41) is 11.9. The van der Waals surface area contributed by atoms with E-state index < -0.39 is 17.0 Å². The van der Waals surface area contributed by atoms with Gasteiger partial charge in [0.15, 0.2) is 0 Å². The van der Waals surface area contributed by atoms with Crippen molar-refractivity contribution in [2.75, 3.05) is 0 Å². The molecule has 2 aliphatic rings. The molecule has 0 aromatic carbocycles. The van der Waals surface area contributed by atoms with Crippen LogP contribution in [0.1, 0.15) is 44.9 Å². The van der Waals surface area contributed by atoms with E-state index in [4.69, 9.17) is 5.73 Å². The van der Waals surface area contributed by atoms with Gasteiger partial charge in [0, 0.05) is 0 Å². The molecule has 0 aromatic rings. The highest BCUT2D eigenvalue weighted by Crippen LogP contribution is 2.33. The van der Waals surface area contributed by atoms with Crippen LogP contribution in [0.5, 0.6) is 0 Å². The Balaban J connectivity index is 2.06. The Labute approximate surface area is 94.4 Å². The van der Waals surface area contributed by atoms with Gasteiger partial charge in [-0.2, -0.15) is 0 Å². The molecule has 0 heterocycles. The summed E-state index contributed by atoms with van der Waals surface area (Å²) >= 11 is 0. The molecule has 4 N–H and O–H groups in total. The van der Waals surface area contributed by atoms with Gasteiger partial charge < -0.3 is 16.2 Å². The lowest BCUT2D eigenvalue weighted by Crippen LogP contribution is -2.64. The van der Waals surface area contributed by atoms with E-state index in [1.165, 1.54) is 0 Å². The summed E-state index contributed by atoms with van der Waals surface area (Å²) in [5.74, 6) is -1.22. The molecule has 2 rings (SSSR count). The maximum absolute atomic E-state index is 11.9. The lowest BCUT2D eigenvalue weighted by molar-refractivity contribution is -0.149. The maximum atomic E-state index is 11.9. The SMILES string of the molecule is NC1(C(=O)NC2(C(=O)O)CCCC2)CCC1. The van der Waals surface area contributed by atoms with Crippen LogP contribution in [0.3, 0.4) is 0 Å². The zero-order chi connectivity index (χ0) is 11.8. The minimum Gasteiger partial charge on any atom is -0.480 e. The first-order valence-corrected chi connectivity index (χ1v) is 5.83. The quantitative estimate of drug-likeness (QED) is 0.648. The van der Waals surface area contributed by atoms with Gasteiger partial charge in [0.25, 0.3) is 0 Å². The average molecular weight is 226 g/mol. The standard InChI is InChI=1S/C11H18N2O3/c12-10(4-3-5-10)8(14)13-11(9(15)16)6-1-2-7-11/h1-7,12H2,(H,13,14)(H,15,16). The van der Waals surface area contributed by atoms with Gasteiger partial charge in [0.2, 0.25) is 5.91 Å². The fraction of sp³-hybridized carbons (Fsp3) is 0.818. The second kappa shape index (κ2) is 3.73. The van der Waals surface area contributed by atoms with Crippen LogP contribution in [-0.2, 0) is 9.59 Å². The number of rotatable bonds is 3. The van der Waals surface area contributed by atoms with E-state index in [1.54, 1.807) is 0 Å². The molecule has 0 bridgehead atoms. The first-order chi connectivity index (χ1) is 7.49. The fourth-order valence-electron chi connectivity index (χ4n) is 2.50. The van der Waals surface area contributed by atoms with Crippen LogP contribution < -0.4 is 11.1 Å². The highest BCUT2D eigenvalue weighted by atomic mass is 16.4. The van der Waals surface area contributed by atoms with E-state index in [2.05, 4.69) is 5.32 Å². The molecule has 0 atom stereocenters. The van der Waals surface area contributed by atoms with Crippen molar-refractivity contribution in [3.05, 3.63) is 0 Å². The maximum Gasteiger partial charge on any atom is 0.329 e. The summed E-state index contributed by atoms with van der Waals surface area (Å²) in [4.78, 5) is 23.2. The molecule has 0 radical (unpaired) electrons. The van der Waals surface area contributed by atoms with Gasteiger partial charge in [-0.25, -0.2) is 4.79 Å². The van der Waals surface area contributed by atoms with E-state index in [-0.39, 0.29) is 5.91 Å². The van der Waals surface area contributed by atoms with Gasteiger partial charge in [-0.1, -0.05) is 12.8 Å². The molecule has 2 aliphatic carbocycles. The molecule has 5 nitrogen and oxygen atoms in total. The fourth-order valence-corrected chi connectivity index (χ4v) is 2.50. The van der Waals surface area contributed by atoms with Crippen LogP contribution in [0.2, 0.25) is 0 Å².